The SMILES string of the molecule is CC(=O)OCCN(CCOC(C)=O)CCOC(C)=O.COCOCCN(CCOCOC)CCOCOC.[C-]#[N+]CCN(CCOC(C)=O)CCOC(C)=O. The predicted molar refractivity (Wildman–Crippen MR) is 197 cm³/mol. The minimum absolute atomic E-state index is 0.246. The molecule has 0 aromatic rings. The Kier molecular flexibility index (Phi) is 43.9. The first-order valence-electron chi connectivity index (χ1n) is 17.7. The number of ether oxygens (including phenoxy) is 11. The maximum absolute atomic E-state index is 10.7. The highest BCUT2D eigenvalue weighted by molar-refractivity contribution is 5.67. The highest BCUT2D eigenvalue weighted by Crippen LogP contribution is 1.94. The Labute approximate surface area is 326 Å². The third-order valence-corrected chi connectivity index (χ3v) is 6.35. The van der Waals surface area contributed by atoms with Gasteiger partial charge < -0.3 is 57.0 Å². The first-order chi connectivity index (χ1) is 26.3. The summed E-state index contributed by atoms with van der Waals surface area (Å²) in [6, 6.07) is 0. The molecule has 0 aliphatic heterocycles. The van der Waals surface area contributed by atoms with Gasteiger partial charge in [0.05, 0.1) is 26.4 Å². The van der Waals surface area contributed by atoms with E-state index in [0.29, 0.717) is 86.0 Å². The second kappa shape index (κ2) is 43.2. The molecule has 0 aromatic heterocycles. The largest absolute Gasteiger partial charge is 0.465 e. The topological polar surface area (TPSA) is 201 Å². The molecule has 0 aliphatic rings. The first kappa shape index (κ1) is 55.8. The van der Waals surface area contributed by atoms with Gasteiger partial charge in [-0.2, -0.15) is 0 Å². The van der Waals surface area contributed by atoms with E-state index in [9.17, 15) is 24.0 Å². The number of methoxy groups -OCH3 is 3. The van der Waals surface area contributed by atoms with E-state index in [1.165, 1.54) is 34.6 Å². The van der Waals surface area contributed by atoms with Crippen molar-refractivity contribution in [2.75, 3.05) is 160 Å². The second-order valence-corrected chi connectivity index (χ2v) is 11.1. The van der Waals surface area contributed by atoms with Crippen molar-refractivity contribution < 1.29 is 76.1 Å². The number of esters is 5. The quantitative estimate of drug-likeness (QED) is 0.0299. The van der Waals surface area contributed by atoms with Crippen LogP contribution in [0.4, 0.5) is 0 Å². The lowest BCUT2D eigenvalue weighted by molar-refractivity contribution is -0.144. The molecule has 0 aromatic carbocycles. The summed E-state index contributed by atoms with van der Waals surface area (Å²) in [5, 5.41) is 0. The van der Waals surface area contributed by atoms with Crippen LogP contribution >= 0.6 is 0 Å². The van der Waals surface area contributed by atoms with Crippen molar-refractivity contribution in [2.45, 2.75) is 34.6 Å². The Balaban J connectivity index is -0.000000739. The summed E-state index contributed by atoms with van der Waals surface area (Å²) in [7, 11) is 4.82. The van der Waals surface area contributed by atoms with Gasteiger partial charge in [-0.15, -0.1) is 0 Å². The zero-order valence-electron chi connectivity index (χ0n) is 34.2. The molecule has 20 heteroatoms. The van der Waals surface area contributed by atoms with Crippen LogP contribution in [0.15, 0.2) is 0 Å². The summed E-state index contributed by atoms with van der Waals surface area (Å²) in [4.78, 5) is 62.4. The van der Waals surface area contributed by atoms with E-state index >= 15 is 0 Å². The van der Waals surface area contributed by atoms with Crippen LogP contribution in [0.25, 0.3) is 4.85 Å². The number of carbonyl (C=O) groups is 5. The predicted octanol–water partition coefficient (Wildman–Crippen LogP) is 0.461. The average molecular weight is 799 g/mol. The van der Waals surface area contributed by atoms with Gasteiger partial charge in [0.15, 0.2) is 0 Å². The van der Waals surface area contributed by atoms with E-state index < -0.39 is 0 Å². The Morgan fingerprint density at radius 3 is 0.818 bits per heavy atom. The Morgan fingerprint density at radius 2 is 0.618 bits per heavy atom. The molecule has 0 N–H and O–H groups in total. The molecular formula is C35H66N4O16. The van der Waals surface area contributed by atoms with Crippen LogP contribution < -0.4 is 0 Å². The molecule has 0 saturated carbocycles. The van der Waals surface area contributed by atoms with Crippen LogP contribution in [0.5, 0.6) is 0 Å². The standard InChI is InChI=1S/C12H27NO6.C12H21NO6.C11H18N2O4/c1-14-10-17-7-4-13(5-8-18-11-15-2)6-9-19-12-16-3;1-10(14)17-7-4-13(5-8-18-11(2)15)6-9-19-12(3)16;1-10(14)16-8-6-13(5-4-12-3)7-9-17-11(2)15/h4-12H2,1-3H3;4-9H2,1-3H3;4-9H2,1-2H3. The third-order valence-electron chi connectivity index (χ3n) is 6.35. The van der Waals surface area contributed by atoms with Crippen LogP contribution in [0, 0.1) is 6.57 Å². The normalized spacial score (nSPS) is 10.4. The maximum Gasteiger partial charge on any atom is 0.302 e. The van der Waals surface area contributed by atoms with Crippen molar-refractivity contribution >= 4 is 29.8 Å². The highest BCUT2D eigenvalue weighted by atomic mass is 16.7. The Morgan fingerprint density at radius 1 is 0.400 bits per heavy atom. The van der Waals surface area contributed by atoms with E-state index in [1.807, 2.05) is 9.80 Å². The zero-order chi connectivity index (χ0) is 42.0. The minimum Gasteiger partial charge on any atom is -0.465 e. The van der Waals surface area contributed by atoms with E-state index in [1.54, 1.807) is 21.3 Å². The molecule has 0 heterocycles. The molecule has 0 radical (unpaired) electrons. The van der Waals surface area contributed by atoms with Gasteiger partial charge in [0.2, 0.25) is 6.54 Å². The fraction of sp³-hybridized carbons (Fsp3) is 0.829. The minimum atomic E-state index is -0.347. The van der Waals surface area contributed by atoms with Gasteiger partial charge in [0, 0.05) is 108 Å². The van der Waals surface area contributed by atoms with Crippen LogP contribution in [-0.4, -0.2) is 205 Å². The van der Waals surface area contributed by atoms with E-state index in [4.69, 9.17) is 58.7 Å². The van der Waals surface area contributed by atoms with Crippen molar-refractivity contribution in [1.29, 1.82) is 0 Å². The molecule has 322 valence electrons. The fourth-order valence-electron chi connectivity index (χ4n) is 3.80. The van der Waals surface area contributed by atoms with Gasteiger partial charge >= 0.3 is 29.8 Å². The molecule has 55 heavy (non-hydrogen) atoms. The molecule has 0 unspecified atom stereocenters. The first-order valence-corrected chi connectivity index (χ1v) is 17.7. The van der Waals surface area contributed by atoms with Crippen molar-refractivity contribution in [1.82, 2.24) is 14.7 Å². The smallest absolute Gasteiger partial charge is 0.302 e. The third kappa shape index (κ3) is 50.5. The molecule has 0 amide bonds. The lowest BCUT2D eigenvalue weighted by Crippen LogP contribution is -2.34. The van der Waals surface area contributed by atoms with E-state index in [0.717, 1.165) is 19.6 Å². The van der Waals surface area contributed by atoms with E-state index in [-0.39, 0.29) is 62.9 Å². The van der Waals surface area contributed by atoms with Gasteiger partial charge in [-0.1, -0.05) is 0 Å². The summed E-state index contributed by atoms with van der Waals surface area (Å²) in [5.74, 6) is -1.69. The average Bonchev–Trinajstić information content (AvgIpc) is 3.11. The van der Waals surface area contributed by atoms with Gasteiger partial charge in [-0.25, -0.2) is 6.57 Å². The van der Waals surface area contributed by atoms with Gasteiger partial charge in [-0.05, 0) is 0 Å². The van der Waals surface area contributed by atoms with Crippen molar-refractivity contribution in [3.05, 3.63) is 11.4 Å². The van der Waals surface area contributed by atoms with Crippen LogP contribution in [0.2, 0.25) is 0 Å². The number of hydrogen-bond donors (Lipinski definition) is 0. The molecule has 0 fully saturated rings. The fourth-order valence-corrected chi connectivity index (χ4v) is 3.80. The number of rotatable bonds is 32. The summed E-state index contributed by atoms with van der Waals surface area (Å²) in [5.41, 5.74) is 0. The lowest BCUT2D eigenvalue weighted by atomic mass is 10.4. The summed E-state index contributed by atoms with van der Waals surface area (Å²) in [6.45, 7) is 23.4. The Hall–Kier alpha value is -3.52. The molecule has 0 rings (SSSR count). The maximum atomic E-state index is 10.7. The van der Waals surface area contributed by atoms with Crippen LogP contribution in [-0.2, 0) is 76.1 Å². The highest BCUT2D eigenvalue weighted by Gasteiger charge is 2.09. The monoisotopic (exact) mass is 798 g/mol. The lowest BCUT2D eigenvalue weighted by Gasteiger charge is -2.21. The molecule has 0 spiro atoms. The molecule has 0 bridgehead atoms. The molecule has 0 aliphatic carbocycles. The number of hydrogen-bond acceptors (Lipinski definition) is 19. The van der Waals surface area contributed by atoms with Crippen molar-refractivity contribution in [3.8, 4) is 0 Å². The summed E-state index contributed by atoms with van der Waals surface area (Å²) >= 11 is 0. The van der Waals surface area contributed by atoms with E-state index in [2.05, 4.69) is 9.74 Å². The number of carbonyl (C=O) groups excluding carboxylic acids is 5. The van der Waals surface area contributed by atoms with Gasteiger partial charge in [0.25, 0.3) is 0 Å². The molecule has 20 nitrogen and oxygen atoms in total. The summed E-state index contributed by atoms with van der Waals surface area (Å²) in [6.07, 6.45) is 0. The number of nitrogens with zero attached hydrogens (tertiary/aromatic N) is 4. The van der Waals surface area contributed by atoms with Crippen LogP contribution in [0.1, 0.15) is 34.6 Å². The zero-order valence-corrected chi connectivity index (χ0v) is 34.2. The second-order valence-electron chi connectivity index (χ2n) is 11.1. The summed E-state index contributed by atoms with van der Waals surface area (Å²) < 4.78 is 54.4. The molecular weight excluding hydrogens is 732 g/mol. The van der Waals surface area contributed by atoms with Crippen LogP contribution in [0.3, 0.4) is 0 Å². The van der Waals surface area contributed by atoms with Crippen molar-refractivity contribution in [2.24, 2.45) is 0 Å². The Bertz CT molecular complexity index is 906. The van der Waals surface area contributed by atoms with Gasteiger partial charge in [0.1, 0.15) is 53.4 Å². The molecule has 0 saturated heterocycles. The van der Waals surface area contributed by atoms with Gasteiger partial charge in [-0.3, -0.25) is 38.7 Å². The molecule has 0 atom stereocenters. The van der Waals surface area contributed by atoms with Crippen molar-refractivity contribution in [3.63, 3.8) is 0 Å².